The van der Waals surface area contributed by atoms with Crippen molar-refractivity contribution in [1.82, 2.24) is 10.0 Å². The van der Waals surface area contributed by atoms with Gasteiger partial charge in [0.25, 0.3) is 0 Å². The monoisotopic (exact) mass is 587 g/mol. The first-order valence-electron chi connectivity index (χ1n) is 13.8. The molecule has 11 heteroatoms. The number of aliphatic hydroxyl groups is 1. The number of unbranched alkanes of at least 4 members (excludes halogenated alkanes) is 1. The van der Waals surface area contributed by atoms with Crippen LogP contribution in [0.1, 0.15) is 51.5 Å². The Labute approximate surface area is 243 Å². The van der Waals surface area contributed by atoms with Crippen molar-refractivity contribution < 1.29 is 32.5 Å². The average molecular weight is 588 g/mol. The van der Waals surface area contributed by atoms with Crippen LogP contribution < -0.4 is 14.8 Å². The molecule has 1 aliphatic heterocycles. The van der Waals surface area contributed by atoms with Gasteiger partial charge in [0.2, 0.25) is 10.0 Å². The molecular weight excluding hydrogens is 546 g/mol. The molecule has 0 spiro atoms. The van der Waals surface area contributed by atoms with Crippen LogP contribution in [0.5, 0.6) is 5.75 Å². The number of amides is 1. The van der Waals surface area contributed by atoms with Crippen LogP contribution in [0.3, 0.4) is 0 Å². The van der Waals surface area contributed by atoms with Crippen molar-refractivity contribution in [2.24, 2.45) is 5.41 Å². The Balaban J connectivity index is 1.90. The van der Waals surface area contributed by atoms with E-state index in [4.69, 9.17) is 19.5 Å². The maximum atomic E-state index is 13.5. The molecule has 0 aliphatic carbocycles. The molecule has 2 aromatic rings. The van der Waals surface area contributed by atoms with Crippen molar-refractivity contribution in [2.75, 3.05) is 20.3 Å². The number of sulfonamides is 1. The summed E-state index contributed by atoms with van der Waals surface area (Å²) in [6, 6.07) is 15.6. The topological polar surface area (TPSA) is 147 Å². The number of hydrogen-bond acceptors (Lipinski definition) is 8. The van der Waals surface area contributed by atoms with Crippen molar-refractivity contribution >= 4 is 16.1 Å². The van der Waals surface area contributed by atoms with Crippen molar-refractivity contribution in [2.45, 2.75) is 81.6 Å². The molecule has 0 saturated carbocycles. The summed E-state index contributed by atoms with van der Waals surface area (Å²) in [5.41, 5.74) is 0.426. The number of carbonyl (C=O) groups excluding carboxylic acids is 1. The number of methoxy groups -OCH3 is 1. The van der Waals surface area contributed by atoms with Crippen molar-refractivity contribution in [3.63, 3.8) is 0 Å². The van der Waals surface area contributed by atoms with E-state index >= 15 is 0 Å². The van der Waals surface area contributed by atoms with Crippen LogP contribution in [0.15, 0.2) is 59.5 Å². The van der Waals surface area contributed by atoms with E-state index in [2.05, 4.69) is 16.1 Å². The van der Waals surface area contributed by atoms with Gasteiger partial charge in [-0.2, -0.15) is 5.26 Å². The van der Waals surface area contributed by atoms with Crippen LogP contribution in [0.4, 0.5) is 4.79 Å². The van der Waals surface area contributed by atoms with Crippen LogP contribution in [0, 0.1) is 16.7 Å². The molecule has 1 unspecified atom stereocenters. The third kappa shape index (κ3) is 10.3. The number of nitriles is 1. The van der Waals surface area contributed by atoms with E-state index in [-0.39, 0.29) is 23.8 Å². The van der Waals surface area contributed by atoms with E-state index in [0.29, 0.717) is 44.6 Å². The van der Waals surface area contributed by atoms with Crippen LogP contribution in [-0.4, -0.2) is 64.2 Å². The number of ether oxygens (including phenoxy) is 3. The van der Waals surface area contributed by atoms with Crippen LogP contribution >= 0.6 is 0 Å². The van der Waals surface area contributed by atoms with Gasteiger partial charge in [0.05, 0.1) is 49.5 Å². The summed E-state index contributed by atoms with van der Waals surface area (Å²) in [5.74, 6) is 0.512. The third-order valence-electron chi connectivity index (χ3n) is 7.18. The summed E-state index contributed by atoms with van der Waals surface area (Å²) in [7, 11) is -2.57. The summed E-state index contributed by atoms with van der Waals surface area (Å²) >= 11 is 0. The first kappa shape index (κ1) is 32.3. The zero-order valence-electron chi connectivity index (χ0n) is 23.9. The first-order valence-corrected chi connectivity index (χ1v) is 15.3. The molecular formula is C30H41N3O7S. The number of alkyl carbamates (subject to hydrolysis) is 1. The van der Waals surface area contributed by atoms with Gasteiger partial charge in [-0.1, -0.05) is 44.2 Å². The van der Waals surface area contributed by atoms with E-state index in [9.17, 15) is 18.3 Å². The molecule has 1 saturated heterocycles. The van der Waals surface area contributed by atoms with Crippen LogP contribution in [0.2, 0.25) is 0 Å². The predicted molar refractivity (Wildman–Crippen MR) is 154 cm³/mol. The lowest BCUT2D eigenvalue weighted by Gasteiger charge is -2.36. The summed E-state index contributed by atoms with van der Waals surface area (Å²) < 4.78 is 45.6. The molecule has 0 aromatic heterocycles. The lowest BCUT2D eigenvalue weighted by Crippen LogP contribution is -2.56. The number of nitrogens with zero attached hydrogens (tertiary/aromatic N) is 1. The smallest absolute Gasteiger partial charge is 0.407 e. The summed E-state index contributed by atoms with van der Waals surface area (Å²) in [6.07, 6.45) is 0.350. The number of hydrogen-bond donors (Lipinski definition) is 3. The molecule has 3 rings (SSSR count). The molecule has 1 aliphatic rings. The van der Waals surface area contributed by atoms with Crippen LogP contribution in [-0.2, 0) is 25.9 Å². The van der Waals surface area contributed by atoms with Gasteiger partial charge in [-0.05, 0) is 60.9 Å². The van der Waals surface area contributed by atoms with Gasteiger partial charge in [-0.15, -0.1) is 0 Å². The molecule has 0 radical (unpaired) electrons. The maximum absolute atomic E-state index is 13.5. The molecule has 1 amide bonds. The zero-order chi connectivity index (χ0) is 29.9. The minimum Gasteiger partial charge on any atom is -0.497 e. The first-order chi connectivity index (χ1) is 19.5. The number of nitrogens with one attached hydrogen (secondary N) is 2. The molecule has 10 nitrogen and oxygen atoms in total. The second-order valence-corrected chi connectivity index (χ2v) is 12.8. The zero-order valence-corrected chi connectivity index (χ0v) is 24.7. The Morgan fingerprint density at radius 2 is 1.88 bits per heavy atom. The standard InChI is InChI=1S/C30H41N3O7S/c1-30(2,16-7-8-17-31)20-27(33-41(36,37)25-13-11-23(38-3)12-14-25)28(34)26(19-22-9-5-4-6-10-22)32-29(35)40-24-15-18-39-21-24/h4-6,9-14,24,26-28,33-34H,7-8,15-16,18-21H2,1-3H3,(H,32,35)/t24-,26-,27?,28+/m0/s1. The second-order valence-electron chi connectivity index (χ2n) is 11.1. The van der Waals surface area contributed by atoms with Crippen molar-refractivity contribution in [1.29, 1.82) is 5.26 Å². The lowest BCUT2D eigenvalue weighted by atomic mass is 9.79. The number of aliphatic hydroxyl groups excluding tert-OH is 1. The number of rotatable bonds is 15. The minimum absolute atomic E-state index is 0.0194. The fraction of sp³-hybridized carbons (Fsp3) is 0.533. The molecule has 2 aromatic carbocycles. The number of benzene rings is 2. The highest BCUT2D eigenvalue weighted by Crippen LogP contribution is 2.31. The van der Waals surface area contributed by atoms with E-state index in [1.807, 2.05) is 44.2 Å². The molecule has 1 fully saturated rings. The molecule has 0 bridgehead atoms. The van der Waals surface area contributed by atoms with Crippen LogP contribution in [0.25, 0.3) is 0 Å². The summed E-state index contributed by atoms with van der Waals surface area (Å²) in [6.45, 7) is 4.75. The highest BCUT2D eigenvalue weighted by Gasteiger charge is 2.37. The third-order valence-corrected chi connectivity index (χ3v) is 8.68. The summed E-state index contributed by atoms with van der Waals surface area (Å²) in [4.78, 5) is 12.9. The minimum atomic E-state index is -4.06. The predicted octanol–water partition coefficient (Wildman–Crippen LogP) is 3.94. The normalized spacial score (nSPS) is 17.7. The van der Waals surface area contributed by atoms with E-state index in [1.165, 1.54) is 19.2 Å². The van der Waals surface area contributed by atoms with Gasteiger partial charge < -0.3 is 24.6 Å². The Morgan fingerprint density at radius 1 is 1.17 bits per heavy atom. The Hall–Kier alpha value is -3.17. The van der Waals surface area contributed by atoms with Gasteiger partial charge in [0.15, 0.2) is 0 Å². The largest absolute Gasteiger partial charge is 0.497 e. The Morgan fingerprint density at radius 3 is 2.49 bits per heavy atom. The fourth-order valence-electron chi connectivity index (χ4n) is 4.95. The second kappa shape index (κ2) is 15.2. The van der Waals surface area contributed by atoms with E-state index in [0.717, 1.165) is 5.56 Å². The van der Waals surface area contributed by atoms with Gasteiger partial charge in [-0.25, -0.2) is 17.9 Å². The maximum Gasteiger partial charge on any atom is 0.407 e. The molecule has 3 N–H and O–H groups in total. The van der Waals surface area contributed by atoms with Gasteiger partial charge in [-0.3, -0.25) is 0 Å². The quantitative estimate of drug-likeness (QED) is 0.266. The molecule has 224 valence electrons. The molecule has 1 heterocycles. The van der Waals surface area contributed by atoms with E-state index < -0.39 is 39.7 Å². The molecule has 41 heavy (non-hydrogen) atoms. The lowest BCUT2D eigenvalue weighted by molar-refractivity contribution is 0.0536. The average Bonchev–Trinajstić information content (AvgIpc) is 3.45. The highest BCUT2D eigenvalue weighted by atomic mass is 32.2. The van der Waals surface area contributed by atoms with Crippen molar-refractivity contribution in [3.8, 4) is 11.8 Å². The fourth-order valence-corrected chi connectivity index (χ4v) is 6.20. The Bertz CT molecular complexity index is 1240. The van der Waals surface area contributed by atoms with Gasteiger partial charge in [0.1, 0.15) is 11.9 Å². The van der Waals surface area contributed by atoms with Gasteiger partial charge >= 0.3 is 6.09 Å². The van der Waals surface area contributed by atoms with Gasteiger partial charge in [0, 0.05) is 12.8 Å². The SMILES string of the molecule is COc1ccc(S(=O)(=O)NC(CC(C)(C)CCCC#N)[C@H](O)[C@H](Cc2ccccc2)NC(=O)O[C@H]2CCOC2)cc1. The summed E-state index contributed by atoms with van der Waals surface area (Å²) in [5, 5.41) is 23.6. The van der Waals surface area contributed by atoms with Crippen molar-refractivity contribution in [3.05, 3.63) is 60.2 Å². The highest BCUT2D eigenvalue weighted by molar-refractivity contribution is 7.89. The van der Waals surface area contributed by atoms with E-state index in [1.54, 1.807) is 12.1 Å². The number of carbonyl (C=O) groups is 1. The Kier molecular flexibility index (Phi) is 12.0. The molecule has 4 atom stereocenters.